The van der Waals surface area contributed by atoms with E-state index in [0.717, 1.165) is 25.9 Å². The number of carbonyl (C=O) groups excluding carboxylic acids is 1. The van der Waals surface area contributed by atoms with Gasteiger partial charge in [-0.1, -0.05) is 0 Å². The lowest BCUT2D eigenvalue weighted by atomic mass is 10.1. The van der Waals surface area contributed by atoms with Gasteiger partial charge in [-0.05, 0) is 25.5 Å². The summed E-state index contributed by atoms with van der Waals surface area (Å²) in [5, 5.41) is 12.6. The Morgan fingerprint density at radius 3 is 3.06 bits per heavy atom. The molecule has 2 N–H and O–H groups in total. The highest BCUT2D eigenvalue weighted by Crippen LogP contribution is 2.14. The fourth-order valence-electron chi connectivity index (χ4n) is 2.08. The Bertz CT molecular complexity index is 402. The van der Waals surface area contributed by atoms with Crippen molar-refractivity contribution in [3.63, 3.8) is 0 Å². The Morgan fingerprint density at radius 2 is 2.41 bits per heavy atom. The molecule has 0 saturated carbocycles. The molecule has 92 valence electrons. The van der Waals surface area contributed by atoms with Crippen molar-refractivity contribution >= 4 is 5.91 Å². The normalized spacial score (nSPS) is 19.9. The molecule has 2 heterocycles. The Labute approximate surface area is 100 Å². The summed E-state index contributed by atoms with van der Waals surface area (Å²) in [5.41, 5.74) is 0.429. The van der Waals surface area contributed by atoms with E-state index in [0.29, 0.717) is 5.56 Å². The molecule has 1 atom stereocenters. The largest absolute Gasteiger partial charge is 0.506 e. The third kappa shape index (κ3) is 2.74. The molecule has 1 aromatic rings. The second-order valence-corrected chi connectivity index (χ2v) is 4.35. The van der Waals surface area contributed by atoms with E-state index in [-0.39, 0.29) is 17.7 Å². The van der Waals surface area contributed by atoms with Crippen LogP contribution < -0.4 is 5.32 Å². The first-order valence-corrected chi connectivity index (χ1v) is 5.80. The lowest BCUT2D eigenvalue weighted by Gasteiger charge is -2.31. The van der Waals surface area contributed by atoms with Gasteiger partial charge in [0.25, 0.3) is 5.91 Å². The molecular weight excluding hydrogens is 218 g/mol. The molecule has 0 spiro atoms. The number of amides is 1. The molecule has 1 aromatic heterocycles. The number of carbonyl (C=O) groups is 1. The van der Waals surface area contributed by atoms with Crippen molar-refractivity contribution in [1.82, 2.24) is 15.2 Å². The summed E-state index contributed by atoms with van der Waals surface area (Å²) in [7, 11) is 1.80. The molecule has 17 heavy (non-hydrogen) atoms. The molecule has 0 bridgehead atoms. The van der Waals surface area contributed by atoms with E-state index in [2.05, 4.69) is 10.3 Å². The molecule has 1 unspecified atom stereocenters. The van der Waals surface area contributed by atoms with Gasteiger partial charge >= 0.3 is 0 Å². The Morgan fingerprint density at radius 1 is 1.59 bits per heavy atom. The zero-order valence-electron chi connectivity index (χ0n) is 9.89. The second kappa shape index (κ2) is 5.14. The van der Waals surface area contributed by atoms with Gasteiger partial charge in [-0.15, -0.1) is 0 Å². The number of rotatable bonds is 2. The van der Waals surface area contributed by atoms with Gasteiger partial charge in [0.05, 0.1) is 11.8 Å². The number of pyridine rings is 1. The molecule has 1 saturated heterocycles. The third-order valence-corrected chi connectivity index (χ3v) is 3.11. The number of hydrogen-bond donors (Lipinski definition) is 2. The Hall–Kier alpha value is -1.62. The van der Waals surface area contributed by atoms with E-state index in [9.17, 15) is 9.90 Å². The predicted octanol–water partition coefficient (Wildman–Crippen LogP) is 0.611. The van der Waals surface area contributed by atoms with Crippen molar-refractivity contribution in [1.29, 1.82) is 0 Å². The van der Waals surface area contributed by atoms with Gasteiger partial charge in [0.15, 0.2) is 0 Å². The average molecular weight is 235 g/mol. The first-order valence-electron chi connectivity index (χ1n) is 5.80. The van der Waals surface area contributed by atoms with Gasteiger partial charge in [0.1, 0.15) is 5.75 Å². The van der Waals surface area contributed by atoms with Crippen LogP contribution >= 0.6 is 0 Å². The van der Waals surface area contributed by atoms with Crippen molar-refractivity contribution in [2.75, 3.05) is 20.1 Å². The monoisotopic (exact) mass is 235 g/mol. The molecule has 5 heteroatoms. The van der Waals surface area contributed by atoms with Gasteiger partial charge in [-0.2, -0.15) is 0 Å². The van der Waals surface area contributed by atoms with Crippen molar-refractivity contribution < 1.29 is 9.90 Å². The fraction of sp³-hybridized carbons (Fsp3) is 0.500. The van der Waals surface area contributed by atoms with Gasteiger partial charge in [-0.25, -0.2) is 0 Å². The highest BCUT2D eigenvalue weighted by Gasteiger charge is 2.23. The third-order valence-electron chi connectivity index (χ3n) is 3.11. The smallest absolute Gasteiger partial charge is 0.255 e. The van der Waals surface area contributed by atoms with E-state index in [1.54, 1.807) is 11.9 Å². The highest BCUT2D eigenvalue weighted by atomic mass is 16.3. The summed E-state index contributed by atoms with van der Waals surface area (Å²) in [6.07, 6.45) is 4.90. The summed E-state index contributed by atoms with van der Waals surface area (Å²) in [6, 6.07) is 1.67. The summed E-state index contributed by atoms with van der Waals surface area (Å²) in [6.45, 7) is 1.85. The molecular formula is C12H17N3O2. The van der Waals surface area contributed by atoms with Crippen LogP contribution in [0, 0.1) is 0 Å². The first-order chi connectivity index (χ1) is 8.18. The van der Waals surface area contributed by atoms with Gasteiger partial charge in [-0.3, -0.25) is 9.78 Å². The summed E-state index contributed by atoms with van der Waals surface area (Å²) in [4.78, 5) is 17.7. The maximum Gasteiger partial charge on any atom is 0.255 e. The average Bonchev–Trinajstić information content (AvgIpc) is 2.38. The van der Waals surface area contributed by atoms with E-state index in [1.807, 2.05) is 0 Å². The topological polar surface area (TPSA) is 65.5 Å². The standard InChI is InChI=1S/C12H17N3O2/c1-15(10-3-2-4-13-7-10)12(17)9-5-11(16)8-14-6-9/h5-6,8,10,13,16H,2-4,7H2,1H3. The minimum Gasteiger partial charge on any atom is -0.506 e. The van der Waals surface area contributed by atoms with Gasteiger partial charge in [0, 0.05) is 25.8 Å². The van der Waals surface area contributed by atoms with Crippen LogP contribution in [0.4, 0.5) is 0 Å². The fourth-order valence-corrected chi connectivity index (χ4v) is 2.08. The molecule has 2 rings (SSSR count). The minimum atomic E-state index is -0.0953. The highest BCUT2D eigenvalue weighted by molar-refractivity contribution is 5.94. The number of hydrogen-bond acceptors (Lipinski definition) is 4. The molecule has 1 aliphatic heterocycles. The molecule has 5 nitrogen and oxygen atoms in total. The van der Waals surface area contributed by atoms with E-state index >= 15 is 0 Å². The quantitative estimate of drug-likeness (QED) is 0.788. The van der Waals surface area contributed by atoms with Crippen LogP contribution in [0.3, 0.4) is 0 Å². The number of likely N-dealkylation sites (N-methyl/N-ethyl adjacent to an activating group) is 1. The number of nitrogens with one attached hydrogen (secondary N) is 1. The SMILES string of the molecule is CN(C(=O)c1cncc(O)c1)C1CCCNC1. The number of aromatic nitrogens is 1. The number of aromatic hydroxyl groups is 1. The molecule has 0 radical (unpaired) electrons. The van der Waals surface area contributed by atoms with E-state index in [4.69, 9.17) is 0 Å². The van der Waals surface area contributed by atoms with Crippen LogP contribution in [0.25, 0.3) is 0 Å². The summed E-state index contributed by atoms with van der Waals surface area (Å²) >= 11 is 0. The second-order valence-electron chi connectivity index (χ2n) is 4.35. The van der Waals surface area contributed by atoms with Crippen LogP contribution in [-0.2, 0) is 0 Å². The molecule has 1 amide bonds. The van der Waals surface area contributed by atoms with Crippen LogP contribution in [0.15, 0.2) is 18.5 Å². The van der Waals surface area contributed by atoms with Crippen molar-refractivity contribution in [3.8, 4) is 5.75 Å². The van der Waals surface area contributed by atoms with Crippen LogP contribution in [0.2, 0.25) is 0 Å². The Balaban J connectivity index is 2.08. The van der Waals surface area contributed by atoms with Crippen LogP contribution in [-0.4, -0.2) is 47.1 Å². The zero-order chi connectivity index (χ0) is 12.3. The van der Waals surface area contributed by atoms with E-state index < -0.39 is 0 Å². The zero-order valence-corrected chi connectivity index (χ0v) is 9.89. The van der Waals surface area contributed by atoms with Crippen molar-refractivity contribution in [2.24, 2.45) is 0 Å². The molecule has 0 aromatic carbocycles. The van der Waals surface area contributed by atoms with Crippen LogP contribution in [0.5, 0.6) is 5.75 Å². The maximum absolute atomic E-state index is 12.1. The molecule has 1 aliphatic rings. The molecule has 1 fully saturated rings. The summed E-state index contributed by atoms with van der Waals surface area (Å²) in [5.74, 6) is -0.0758. The number of piperidine rings is 1. The van der Waals surface area contributed by atoms with Crippen molar-refractivity contribution in [2.45, 2.75) is 18.9 Å². The Kier molecular flexibility index (Phi) is 3.58. The molecule has 0 aliphatic carbocycles. The number of nitrogens with zero attached hydrogens (tertiary/aromatic N) is 2. The van der Waals surface area contributed by atoms with Crippen LogP contribution in [0.1, 0.15) is 23.2 Å². The van der Waals surface area contributed by atoms with Crippen molar-refractivity contribution in [3.05, 3.63) is 24.0 Å². The minimum absolute atomic E-state index is 0.0195. The predicted molar refractivity (Wildman–Crippen MR) is 63.9 cm³/mol. The maximum atomic E-state index is 12.1. The van der Waals surface area contributed by atoms with Gasteiger partial charge < -0.3 is 15.3 Å². The van der Waals surface area contributed by atoms with E-state index in [1.165, 1.54) is 18.5 Å². The van der Waals surface area contributed by atoms with Gasteiger partial charge in [0.2, 0.25) is 0 Å². The first kappa shape index (κ1) is 11.9. The lowest BCUT2D eigenvalue weighted by molar-refractivity contribution is 0.0707. The lowest BCUT2D eigenvalue weighted by Crippen LogP contribution is -2.46. The summed E-state index contributed by atoms with van der Waals surface area (Å²) < 4.78 is 0.